The molecule has 0 spiro atoms. The molecule has 1 aromatic carbocycles. The standard InChI is InChI=1S/C12H8BrNO/c1-8-5-9(7-14)6-10(13)12(8)11-3-2-4-15-11/h2-6H,1H3. The normalized spacial score (nSPS) is 9.93. The van der Waals surface area contributed by atoms with E-state index in [1.807, 2.05) is 25.1 Å². The molecule has 0 aliphatic rings. The predicted octanol–water partition coefficient (Wildman–Crippen LogP) is 3.89. The minimum Gasteiger partial charge on any atom is -0.464 e. The minimum absolute atomic E-state index is 0.648. The number of rotatable bonds is 1. The van der Waals surface area contributed by atoms with E-state index in [0.29, 0.717) is 5.56 Å². The minimum atomic E-state index is 0.648. The molecule has 2 rings (SSSR count). The Labute approximate surface area is 96.3 Å². The van der Waals surface area contributed by atoms with E-state index in [4.69, 9.17) is 9.68 Å². The van der Waals surface area contributed by atoms with Crippen molar-refractivity contribution in [3.8, 4) is 17.4 Å². The molecule has 1 aromatic heterocycles. The lowest BCUT2D eigenvalue weighted by Crippen LogP contribution is -1.86. The lowest BCUT2D eigenvalue weighted by molar-refractivity contribution is 0.581. The second kappa shape index (κ2) is 3.92. The summed E-state index contributed by atoms with van der Waals surface area (Å²) in [5.74, 6) is 0.809. The van der Waals surface area contributed by atoms with Crippen LogP contribution >= 0.6 is 15.9 Å². The van der Waals surface area contributed by atoms with Crippen molar-refractivity contribution in [2.45, 2.75) is 6.92 Å². The van der Waals surface area contributed by atoms with Gasteiger partial charge in [0.15, 0.2) is 0 Å². The van der Waals surface area contributed by atoms with Crippen LogP contribution in [0.15, 0.2) is 39.4 Å². The van der Waals surface area contributed by atoms with E-state index in [2.05, 4.69) is 22.0 Å². The Morgan fingerprint density at radius 2 is 2.20 bits per heavy atom. The van der Waals surface area contributed by atoms with Gasteiger partial charge >= 0.3 is 0 Å². The van der Waals surface area contributed by atoms with Crippen LogP contribution in [-0.2, 0) is 0 Å². The van der Waals surface area contributed by atoms with Crippen LogP contribution in [0.1, 0.15) is 11.1 Å². The molecule has 15 heavy (non-hydrogen) atoms. The number of hydrogen-bond donors (Lipinski definition) is 0. The van der Waals surface area contributed by atoms with Crippen LogP contribution in [0, 0.1) is 18.3 Å². The summed E-state index contributed by atoms with van der Waals surface area (Å²) in [6.45, 7) is 1.96. The highest BCUT2D eigenvalue weighted by Gasteiger charge is 2.10. The first-order valence-corrected chi connectivity index (χ1v) is 5.26. The molecule has 2 nitrogen and oxygen atoms in total. The maximum atomic E-state index is 8.81. The number of halogens is 1. The van der Waals surface area contributed by atoms with Crippen LogP contribution in [0.3, 0.4) is 0 Å². The van der Waals surface area contributed by atoms with E-state index in [9.17, 15) is 0 Å². The van der Waals surface area contributed by atoms with E-state index in [-0.39, 0.29) is 0 Å². The second-order valence-corrected chi connectivity index (χ2v) is 4.09. The fourth-order valence-corrected chi connectivity index (χ4v) is 2.30. The average molecular weight is 262 g/mol. The van der Waals surface area contributed by atoms with Crippen molar-refractivity contribution in [3.05, 3.63) is 46.1 Å². The zero-order valence-electron chi connectivity index (χ0n) is 8.12. The lowest BCUT2D eigenvalue weighted by atomic mass is 10.0. The third-order valence-electron chi connectivity index (χ3n) is 2.18. The fourth-order valence-electron chi connectivity index (χ4n) is 1.54. The van der Waals surface area contributed by atoms with Crippen LogP contribution in [0.2, 0.25) is 0 Å². The molecule has 0 amide bonds. The van der Waals surface area contributed by atoms with Crippen LogP contribution in [0.25, 0.3) is 11.3 Å². The summed E-state index contributed by atoms with van der Waals surface area (Å²) in [6.07, 6.45) is 1.64. The predicted molar refractivity (Wildman–Crippen MR) is 61.3 cm³/mol. The molecule has 0 aliphatic carbocycles. The zero-order chi connectivity index (χ0) is 10.8. The Bertz CT molecular complexity index is 500. The van der Waals surface area contributed by atoms with Gasteiger partial charge in [-0.3, -0.25) is 0 Å². The topological polar surface area (TPSA) is 36.9 Å². The molecule has 0 fully saturated rings. The van der Waals surface area contributed by atoms with Gasteiger partial charge in [-0.2, -0.15) is 5.26 Å². The van der Waals surface area contributed by atoms with Gasteiger partial charge in [0, 0.05) is 10.0 Å². The van der Waals surface area contributed by atoms with Gasteiger partial charge in [0.2, 0.25) is 0 Å². The molecule has 74 valence electrons. The van der Waals surface area contributed by atoms with E-state index >= 15 is 0 Å². The molecule has 0 bridgehead atoms. The smallest absolute Gasteiger partial charge is 0.135 e. The van der Waals surface area contributed by atoms with Crippen molar-refractivity contribution < 1.29 is 4.42 Å². The van der Waals surface area contributed by atoms with Gasteiger partial charge in [0.25, 0.3) is 0 Å². The molecule has 0 saturated heterocycles. The first kappa shape index (κ1) is 10.0. The summed E-state index contributed by atoms with van der Waals surface area (Å²) in [4.78, 5) is 0. The second-order valence-electron chi connectivity index (χ2n) is 3.24. The molecule has 3 heteroatoms. The van der Waals surface area contributed by atoms with Crippen molar-refractivity contribution in [2.75, 3.05) is 0 Å². The van der Waals surface area contributed by atoms with E-state index < -0.39 is 0 Å². The van der Waals surface area contributed by atoms with Crippen molar-refractivity contribution in [1.82, 2.24) is 0 Å². The van der Waals surface area contributed by atoms with E-state index in [1.54, 1.807) is 12.3 Å². The van der Waals surface area contributed by atoms with Gasteiger partial charge in [-0.25, -0.2) is 0 Å². The molecular weight excluding hydrogens is 254 g/mol. The molecule has 0 aliphatic heterocycles. The van der Waals surface area contributed by atoms with E-state index in [0.717, 1.165) is 21.4 Å². The number of aryl methyl sites for hydroxylation is 1. The van der Waals surface area contributed by atoms with Crippen molar-refractivity contribution in [2.24, 2.45) is 0 Å². The van der Waals surface area contributed by atoms with Gasteiger partial charge in [0.1, 0.15) is 5.76 Å². The number of nitrogens with zero attached hydrogens (tertiary/aromatic N) is 1. The summed E-state index contributed by atoms with van der Waals surface area (Å²) >= 11 is 3.45. The van der Waals surface area contributed by atoms with Gasteiger partial charge in [-0.15, -0.1) is 0 Å². The molecule has 0 radical (unpaired) electrons. The van der Waals surface area contributed by atoms with Gasteiger partial charge in [-0.05, 0) is 52.7 Å². The summed E-state index contributed by atoms with van der Waals surface area (Å²) in [7, 11) is 0. The molecule has 0 saturated carbocycles. The van der Waals surface area contributed by atoms with Gasteiger partial charge < -0.3 is 4.42 Å². The number of benzene rings is 1. The summed E-state index contributed by atoms with van der Waals surface area (Å²) in [6, 6.07) is 9.52. The maximum Gasteiger partial charge on any atom is 0.135 e. The lowest BCUT2D eigenvalue weighted by Gasteiger charge is -2.06. The van der Waals surface area contributed by atoms with Crippen molar-refractivity contribution >= 4 is 15.9 Å². The summed E-state index contributed by atoms with van der Waals surface area (Å²) < 4.78 is 6.23. The third-order valence-corrected chi connectivity index (χ3v) is 2.81. The van der Waals surface area contributed by atoms with Crippen molar-refractivity contribution in [3.63, 3.8) is 0 Å². The fraction of sp³-hybridized carbons (Fsp3) is 0.0833. The molecule has 2 aromatic rings. The highest BCUT2D eigenvalue weighted by atomic mass is 79.9. The first-order chi connectivity index (χ1) is 7.22. The Morgan fingerprint density at radius 3 is 2.73 bits per heavy atom. The molecule has 0 atom stereocenters. The Kier molecular flexibility index (Phi) is 2.61. The zero-order valence-corrected chi connectivity index (χ0v) is 9.71. The number of nitriles is 1. The van der Waals surface area contributed by atoms with Gasteiger partial charge in [-0.1, -0.05) is 0 Å². The summed E-state index contributed by atoms with van der Waals surface area (Å²) in [5.41, 5.74) is 2.67. The first-order valence-electron chi connectivity index (χ1n) is 4.46. The van der Waals surface area contributed by atoms with Gasteiger partial charge in [0.05, 0.1) is 17.9 Å². The Balaban J connectivity index is 2.64. The van der Waals surface area contributed by atoms with Crippen LogP contribution in [0.4, 0.5) is 0 Å². The quantitative estimate of drug-likeness (QED) is 0.781. The number of hydrogen-bond acceptors (Lipinski definition) is 2. The highest BCUT2D eigenvalue weighted by molar-refractivity contribution is 9.10. The highest BCUT2D eigenvalue weighted by Crippen LogP contribution is 2.32. The molecule has 0 N–H and O–H groups in total. The Morgan fingerprint density at radius 1 is 1.40 bits per heavy atom. The van der Waals surface area contributed by atoms with Crippen molar-refractivity contribution in [1.29, 1.82) is 5.26 Å². The van der Waals surface area contributed by atoms with Crippen LogP contribution < -0.4 is 0 Å². The Hall–Kier alpha value is -1.53. The van der Waals surface area contributed by atoms with Crippen LogP contribution in [-0.4, -0.2) is 0 Å². The third kappa shape index (κ3) is 1.81. The van der Waals surface area contributed by atoms with E-state index in [1.165, 1.54) is 0 Å². The largest absolute Gasteiger partial charge is 0.464 e. The molecule has 0 unspecified atom stereocenters. The van der Waals surface area contributed by atoms with Crippen LogP contribution in [0.5, 0.6) is 0 Å². The maximum absolute atomic E-state index is 8.81. The monoisotopic (exact) mass is 261 g/mol. The summed E-state index contributed by atoms with van der Waals surface area (Å²) in [5, 5.41) is 8.81. The molecular formula is C12H8BrNO. The SMILES string of the molecule is Cc1cc(C#N)cc(Br)c1-c1ccco1. The average Bonchev–Trinajstić information content (AvgIpc) is 2.69. The number of furan rings is 1. The molecule has 1 heterocycles.